The van der Waals surface area contributed by atoms with Crippen LogP contribution in [0.3, 0.4) is 0 Å². The fourth-order valence-corrected chi connectivity index (χ4v) is 3.26. The summed E-state index contributed by atoms with van der Waals surface area (Å²) in [5.74, 6) is 0.888. The average Bonchev–Trinajstić information content (AvgIpc) is 3.14. The van der Waals surface area contributed by atoms with Crippen molar-refractivity contribution in [2.75, 3.05) is 6.26 Å². The predicted octanol–water partition coefficient (Wildman–Crippen LogP) is 4.46. The lowest BCUT2D eigenvalue weighted by molar-refractivity contribution is 0.419. The molecule has 3 aromatic rings. The molecule has 2 aromatic carbocycles. The SMILES string of the molecule is C[C@H](N[C@@H](c1ccccc1)c1ccco1)c1ccc([S@](C)=O)cc1. The van der Waals surface area contributed by atoms with E-state index in [1.165, 1.54) is 0 Å². The maximum Gasteiger partial charge on any atom is 0.125 e. The Kier molecular flexibility index (Phi) is 5.28. The van der Waals surface area contributed by atoms with E-state index in [0.29, 0.717) is 0 Å². The number of hydrogen-bond donors (Lipinski definition) is 1. The zero-order valence-corrected chi connectivity index (χ0v) is 14.6. The molecule has 3 nitrogen and oxygen atoms in total. The third kappa shape index (κ3) is 3.83. The van der Waals surface area contributed by atoms with Crippen LogP contribution in [0.2, 0.25) is 0 Å². The van der Waals surface area contributed by atoms with E-state index in [4.69, 9.17) is 4.42 Å². The first-order valence-electron chi connectivity index (χ1n) is 7.93. The van der Waals surface area contributed by atoms with Gasteiger partial charge in [0.25, 0.3) is 0 Å². The van der Waals surface area contributed by atoms with Crippen molar-refractivity contribution in [2.24, 2.45) is 0 Å². The zero-order chi connectivity index (χ0) is 16.9. The second-order valence-electron chi connectivity index (χ2n) is 5.77. The van der Waals surface area contributed by atoms with E-state index in [2.05, 4.69) is 24.4 Å². The van der Waals surface area contributed by atoms with Crippen LogP contribution in [0.1, 0.15) is 35.9 Å². The molecule has 0 saturated carbocycles. The minimum absolute atomic E-state index is 0.0174. The highest BCUT2D eigenvalue weighted by molar-refractivity contribution is 7.84. The van der Waals surface area contributed by atoms with Crippen LogP contribution in [0.15, 0.2) is 82.3 Å². The quantitative estimate of drug-likeness (QED) is 0.721. The molecule has 3 rings (SSSR count). The van der Waals surface area contributed by atoms with E-state index in [0.717, 1.165) is 21.8 Å². The highest BCUT2D eigenvalue weighted by Gasteiger charge is 2.19. The molecule has 0 radical (unpaired) electrons. The summed E-state index contributed by atoms with van der Waals surface area (Å²) >= 11 is 0. The smallest absolute Gasteiger partial charge is 0.125 e. The summed E-state index contributed by atoms with van der Waals surface area (Å²) in [7, 11) is -0.951. The fraction of sp³-hybridized carbons (Fsp3) is 0.200. The van der Waals surface area contributed by atoms with Gasteiger partial charge in [0.15, 0.2) is 0 Å². The lowest BCUT2D eigenvalue weighted by atomic mass is 10.0. The summed E-state index contributed by atoms with van der Waals surface area (Å²) in [4.78, 5) is 0.844. The van der Waals surface area contributed by atoms with E-state index in [1.807, 2.05) is 54.6 Å². The van der Waals surface area contributed by atoms with Gasteiger partial charge in [0.2, 0.25) is 0 Å². The Morgan fingerprint density at radius 3 is 2.21 bits per heavy atom. The minimum atomic E-state index is -0.951. The molecule has 0 fully saturated rings. The summed E-state index contributed by atoms with van der Waals surface area (Å²) in [6.07, 6.45) is 3.39. The first kappa shape index (κ1) is 16.7. The van der Waals surface area contributed by atoms with Crippen LogP contribution in [0.4, 0.5) is 0 Å². The first-order valence-corrected chi connectivity index (χ1v) is 9.49. The summed E-state index contributed by atoms with van der Waals surface area (Å²) in [5.41, 5.74) is 2.31. The highest BCUT2D eigenvalue weighted by atomic mass is 32.2. The number of furan rings is 1. The van der Waals surface area contributed by atoms with Gasteiger partial charge in [0, 0.05) is 28.0 Å². The van der Waals surface area contributed by atoms with Crippen LogP contribution in [0.25, 0.3) is 0 Å². The van der Waals surface area contributed by atoms with Gasteiger partial charge in [0.05, 0.1) is 12.3 Å². The Morgan fingerprint density at radius 2 is 1.62 bits per heavy atom. The van der Waals surface area contributed by atoms with Gasteiger partial charge in [-0.25, -0.2) is 0 Å². The van der Waals surface area contributed by atoms with E-state index < -0.39 is 10.8 Å². The molecule has 0 bridgehead atoms. The van der Waals surface area contributed by atoms with Crippen LogP contribution in [-0.4, -0.2) is 10.5 Å². The lowest BCUT2D eigenvalue weighted by Crippen LogP contribution is -2.25. The molecule has 3 atom stereocenters. The van der Waals surface area contributed by atoms with Crippen LogP contribution < -0.4 is 5.32 Å². The lowest BCUT2D eigenvalue weighted by Gasteiger charge is -2.23. The number of nitrogens with one attached hydrogen (secondary N) is 1. The highest BCUT2D eigenvalue weighted by Crippen LogP contribution is 2.26. The van der Waals surface area contributed by atoms with Gasteiger partial charge >= 0.3 is 0 Å². The molecule has 1 aromatic heterocycles. The topological polar surface area (TPSA) is 42.2 Å². The standard InChI is InChI=1S/C20H21NO2S/c1-15(16-10-12-18(13-11-16)24(2)22)21-20(19-9-6-14-23-19)17-7-4-3-5-8-17/h3-15,20-21H,1-2H3/t15-,20-,24-/m0/s1. The second-order valence-corrected chi connectivity index (χ2v) is 7.15. The number of rotatable bonds is 6. The molecule has 0 unspecified atom stereocenters. The molecule has 124 valence electrons. The van der Waals surface area contributed by atoms with Crippen LogP contribution >= 0.6 is 0 Å². The second kappa shape index (κ2) is 7.60. The van der Waals surface area contributed by atoms with Crippen molar-refractivity contribution in [3.05, 3.63) is 89.9 Å². The first-order chi connectivity index (χ1) is 11.6. The molecular formula is C20H21NO2S. The van der Waals surface area contributed by atoms with Crippen LogP contribution in [0.5, 0.6) is 0 Å². The van der Waals surface area contributed by atoms with E-state index in [1.54, 1.807) is 12.5 Å². The van der Waals surface area contributed by atoms with Gasteiger partial charge in [-0.05, 0) is 42.3 Å². The molecule has 0 saturated heterocycles. The monoisotopic (exact) mass is 339 g/mol. The summed E-state index contributed by atoms with van der Waals surface area (Å²) in [6.45, 7) is 2.12. The average molecular weight is 339 g/mol. The summed E-state index contributed by atoms with van der Waals surface area (Å²) < 4.78 is 17.2. The summed E-state index contributed by atoms with van der Waals surface area (Å²) in [5, 5.41) is 3.63. The van der Waals surface area contributed by atoms with Gasteiger partial charge in [-0.15, -0.1) is 0 Å². The van der Waals surface area contributed by atoms with Crippen molar-refractivity contribution in [2.45, 2.75) is 23.9 Å². The fourth-order valence-electron chi connectivity index (χ4n) is 2.74. The maximum atomic E-state index is 11.5. The molecule has 1 N–H and O–H groups in total. The van der Waals surface area contributed by atoms with Crippen LogP contribution in [0, 0.1) is 0 Å². The maximum absolute atomic E-state index is 11.5. The van der Waals surface area contributed by atoms with Crippen molar-refractivity contribution in [1.29, 1.82) is 0 Å². The van der Waals surface area contributed by atoms with E-state index in [-0.39, 0.29) is 12.1 Å². The minimum Gasteiger partial charge on any atom is -0.467 e. The number of hydrogen-bond acceptors (Lipinski definition) is 3. The van der Waals surface area contributed by atoms with Crippen LogP contribution in [-0.2, 0) is 10.8 Å². The molecule has 0 spiro atoms. The molecular weight excluding hydrogens is 318 g/mol. The molecule has 24 heavy (non-hydrogen) atoms. The van der Waals surface area contributed by atoms with Gasteiger partial charge in [-0.2, -0.15) is 0 Å². The molecule has 1 heterocycles. The number of benzene rings is 2. The van der Waals surface area contributed by atoms with Gasteiger partial charge < -0.3 is 4.42 Å². The Labute approximate surface area is 145 Å². The Hall–Kier alpha value is -2.17. The molecule has 0 amide bonds. The Morgan fingerprint density at radius 1 is 0.917 bits per heavy atom. The normalized spacial score (nSPS) is 14.9. The van der Waals surface area contributed by atoms with Crippen molar-refractivity contribution < 1.29 is 8.63 Å². The molecule has 0 aliphatic carbocycles. The Bertz CT molecular complexity index is 782. The Balaban J connectivity index is 1.83. The molecule has 0 aliphatic heterocycles. The van der Waals surface area contributed by atoms with E-state index in [9.17, 15) is 4.21 Å². The van der Waals surface area contributed by atoms with Crippen molar-refractivity contribution in [3.63, 3.8) is 0 Å². The third-order valence-corrected chi connectivity index (χ3v) is 5.03. The third-order valence-electron chi connectivity index (χ3n) is 4.09. The molecule has 4 heteroatoms. The van der Waals surface area contributed by atoms with Crippen molar-refractivity contribution >= 4 is 10.8 Å². The van der Waals surface area contributed by atoms with Crippen molar-refractivity contribution in [1.82, 2.24) is 5.32 Å². The summed E-state index contributed by atoms with van der Waals surface area (Å²) in [6, 6.07) is 22.2. The van der Waals surface area contributed by atoms with Gasteiger partial charge in [0.1, 0.15) is 5.76 Å². The van der Waals surface area contributed by atoms with Crippen molar-refractivity contribution in [3.8, 4) is 0 Å². The van der Waals surface area contributed by atoms with E-state index >= 15 is 0 Å². The van der Waals surface area contributed by atoms with Gasteiger partial charge in [-0.3, -0.25) is 9.53 Å². The predicted molar refractivity (Wildman–Crippen MR) is 97.3 cm³/mol. The largest absolute Gasteiger partial charge is 0.467 e. The zero-order valence-electron chi connectivity index (χ0n) is 13.8. The molecule has 0 aliphatic rings. The van der Waals surface area contributed by atoms with Gasteiger partial charge in [-0.1, -0.05) is 42.5 Å².